The molecule has 0 radical (unpaired) electrons. The molecule has 4 heteroatoms. The fraction of sp³-hybridized carbons (Fsp3) is 0.294. The molecule has 0 unspecified atom stereocenters. The largest absolute Gasteiger partial charge is 0.493 e. The summed E-state index contributed by atoms with van der Waals surface area (Å²) in [6, 6.07) is 12.0. The van der Waals surface area contributed by atoms with E-state index >= 15 is 0 Å². The Morgan fingerprint density at radius 2 is 1.81 bits per heavy atom. The lowest BCUT2D eigenvalue weighted by Gasteiger charge is -2.13. The van der Waals surface area contributed by atoms with E-state index in [0.717, 1.165) is 34.6 Å². The molecule has 0 heterocycles. The zero-order chi connectivity index (χ0) is 15.2. The minimum Gasteiger partial charge on any atom is -0.493 e. The molecule has 0 aliphatic heterocycles. The lowest BCUT2D eigenvalue weighted by molar-refractivity contribution is 0.378. The smallest absolute Gasteiger partial charge is 0.169 e. The van der Waals surface area contributed by atoms with Crippen molar-refractivity contribution in [2.45, 2.75) is 20.4 Å². The topological polar surface area (TPSA) is 30.5 Å². The van der Waals surface area contributed by atoms with Gasteiger partial charge in [-0.05, 0) is 64.8 Å². The molecule has 0 amide bonds. The quantitative estimate of drug-likeness (QED) is 0.821. The zero-order valence-electron chi connectivity index (χ0n) is 12.6. The van der Waals surface area contributed by atoms with Crippen molar-refractivity contribution in [1.82, 2.24) is 5.32 Å². The zero-order valence-corrected chi connectivity index (χ0v) is 14.2. The number of halogens is 1. The summed E-state index contributed by atoms with van der Waals surface area (Å²) in [7, 11) is 1.65. The standard InChI is InChI=1S/C17H20BrNO2/c1-4-19-11-13-6-8-15(14(18)10-13)21-16-7-5-12(2)9-17(16)20-3/h5-10,19H,4,11H2,1-3H3. The SMILES string of the molecule is CCNCc1ccc(Oc2ccc(C)cc2OC)c(Br)c1. The van der Waals surface area contributed by atoms with Crippen LogP contribution < -0.4 is 14.8 Å². The summed E-state index contributed by atoms with van der Waals surface area (Å²) < 4.78 is 12.2. The van der Waals surface area contributed by atoms with Gasteiger partial charge in [0.1, 0.15) is 5.75 Å². The van der Waals surface area contributed by atoms with Crippen LogP contribution in [0, 0.1) is 6.92 Å². The van der Waals surface area contributed by atoms with Crippen LogP contribution in [0.5, 0.6) is 17.2 Å². The van der Waals surface area contributed by atoms with E-state index in [1.54, 1.807) is 7.11 Å². The number of ether oxygens (including phenoxy) is 2. The van der Waals surface area contributed by atoms with Crippen molar-refractivity contribution in [1.29, 1.82) is 0 Å². The van der Waals surface area contributed by atoms with Crippen molar-refractivity contribution < 1.29 is 9.47 Å². The fourth-order valence-corrected chi connectivity index (χ4v) is 2.49. The van der Waals surface area contributed by atoms with Gasteiger partial charge in [-0.2, -0.15) is 0 Å². The van der Waals surface area contributed by atoms with Crippen molar-refractivity contribution in [2.24, 2.45) is 0 Å². The highest BCUT2D eigenvalue weighted by Gasteiger charge is 2.09. The number of aryl methyl sites for hydroxylation is 1. The first-order valence-corrected chi connectivity index (χ1v) is 7.75. The van der Waals surface area contributed by atoms with E-state index in [1.807, 2.05) is 31.2 Å². The van der Waals surface area contributed by atoms with E-state index in [4.69, 9.17) is 9.47 Å². The Balaban J connectivity index is 2.20. The first-order valence-electron chi connectivity index (χ1n) is 6.95. The Hall–Kier alpha value is -1.52. The molecule has 0 aliphatic rings. The first-order chi connectivity index (χ1) is 10.1. The molecule has 0 bridgehead atoms. The maximum absolute atomic E-state index is 5.95. The van der Waals surface area contributed by atoms with Crippen LogP contribution in [0.2, 0.25) is 0 Å². The maximum Gasteiger partial charge on any atom is 0.169 e. The first kappa shape index (κ1) is 15.9. The van der Waals surface area contributed by atoms with Gasteiger partial charge in [-0.15, -0.1) is 0 Å². The summed E-state index contributed by atoms with van der Waals surface area (Å²) in [5.74, 6) is 2.22. The number of benzene rings is 2. The molecule has 2 rings (SSSR count). The van der Waals surface area contributed by atoms with Crippen molar-refractivity contribution in [2.75, 3.05) is 13.7 Å². The summed E-state index contributed by atoms with van der Waals surface area (Å²) in [6.07, 6.45) is 0. The summed E-state index contributed by atoms with van der Waals surface area (Å²) >= 11 is 3.56. The molecule has 0 aliphatic carbocycles. The molecular weight excluding hydrogens is 330 g/mol. The third-order valence-electron chi connectivity index (χ3n) is 3.11. The Morgan fingerprint density at radius 3 is 2.48 bits per heavy atom. The van der Waals surface area contributed by atoms with E-state index in [-0.39, 0.29) is 0 Å². The van der Waals surface area contributed by atoms with Crippen LogP contribution in [0.4, 0.5) is 0 Å². The van der Waals surface area contributed by atoms with E-state index in [0.29, 0.717) is 5.75 Å². The summed E-state index contributed by atoms with van der Waals surface area (Å²) in [5.41, 5.74) is 2.35. The summed E-state index contributed by atoms with van der Waals surface area (Å²) in [5, 5.41) is 3.30. The van der Waals surface area contributed by atoms with Crippen LogP contribution >= 0.6 is 15.9 Å². The van der Waals surface area contributed by atoms with Gasteiger partial charge in [-0.25, -0.2) is 0 Å². The molecule has 3 nitrogen and oxygen atoms in total. The molecular formula is C17H20BrNO2. The highest BCUT2D eigenvalue weighted by Crippen LogP contribution is 2.36. The number of hydrogen-bond donors (Lipinski definition) is 1. The molecule has 1 N–H and O–H groups in total. The average Bonchev–Trinajstić information content (AvgIpc) is 2.49. The van der Waals surface area contributed by atoms with Gasteiger partial charge in [0.2, 0.25) is 0 Å². The second-order valence-corrected chi connectivity index (χ2v) is 5.66. The molecule has 112 valence electrons. The third-order valence-corrected chi connectivity index (χ3v) is 3.73. The predicted octanol–water partition coefficient (Wildman–Crippen LogP) is 4.67. The van der Waals surface area contributed by atoms with Crippen molar-refractivity contribution in [3.63, 3.8) is 0 Å². The van der Waals surface area contributed by atoms with Gasteiger partial charge in [0.25, 0.3) is 0 Å². The van der Waals surface area contributed by atoms with E-state index in [1.165, 1.54) is 5.56 Å². The summed E-state index contributed by atoms with van der Waals surface area (Å²) in [4.78, 5) is 0. The van der Waals surface area contributed by atoms with Crippen LogP contribution in [0.3, 0.4) is 0 Å². The van der Waals surface area contributed by atoms with Gasteiger partial charge in [0, 0.05) is 6.54 Å². The molecule has 2 aromatic carbocycles. The highest BCUT2D eigenvalue weighted by molar-refractivity contribution is 9.10. The molecule has 0 aromatic heterocycles. The van der Waals surface area contributed by atoms with Gasteiger partial charge in [-0.3, -0.25) is 0 Å². The van der Waals surface area contributed by atoms with Crippen molar-refractivity contribution in [3.8, 4) is 17.2 Å². The minimum atomic E-state index is 0.711. The molecule has 0 atom stereocenters. The highest BCUT2D eigenvalue weighted by atomic mass is 79.9. The number of methoxy groups -OCH3 is 1. The molecule has 0 spiro atoms. The van der Waals surface area contributed by atoms with Crippen LogP contribution in [0.15, 0.2) is 40.9 Å². The van der Waals surface area contributed by atoms with Gasteiger partial charge < -0.3 is 14.8 Å². The van der Waals surface area contributed by atoms with Gasteiger partial charge in [0.15, 0.2) is 11.5 Å². The number of hydrogen-bond acceptors (Lipinski definition) is 3. The molecule has 0 saturated carbocycles. The molecule has 0 saturated heterocycles. The van der Waals surface area contributed by atoms with Crippen LogP contribution in [0.1, 0.15) is 18.1 Å². The van der Waals surface area contributed by atoms with Crippen LogP contribution in [-0.4, -0.2) is 13.7 Å². The van der Waals surface area contributed by atoms with E-state index in [2.05, 4.69) is 40.3 Å². The van der Waals surface area contributed by atoms with Gasteiger partial charge in [-0.1, -0.05) is 19.1 Å². The van der Waals surface area contributed by atoms with Gasteiger partial charge >= 0.3 is 0 Å². The second-order valence-electron chi connectivity index (χ2n) is 4.80. The van der Waals surface area contributed by atoms with Gasteiger partial charge in [0.05, 0.1) is 11.6 Å². The Kier molecular flexibility index (Phi) is 5.65. The average molecular weight is 350 g/mol. The monoisotopic (exact) mass is 349 g/mol. The molecule has 0 fully saturated rings. The molecule has 2 aromatic rings. The lowest BCUT2D eigenvalue weighted by atomic mass is 10.2. The second kappa shape index (κ2) is 7.48. The number of rotatable bonds is 6. The lowest BCUT2D eigenvalue weighted by Crippen LogP contribution is -2.11. The Morgan fingerprint density at radius 1 is 1.05 bits per heavy atom. The Labute approximate surface area is 134 Å². The fourth-order valence-electron chi connectivity index (χ4n) is 1.98. The third kappa shape index (κ3) is 4.22. The normalized spacial score (nSPS) is 10.5. The van der Waals surface area contributed by atoms with Crippen molar-refractivity contribution >= 4 is 15.9 Å². The molecule has 21 heavy (non-hydrogen) atoms. The maximum atomic E-state index is 5.95. The van der Waals surface area contributed by atoms with Crippen molar-refractivity contribution in [3.05, 3.63) is 52.0 Å². The van der Waals surface area contributed by atoms with Crippen LogP contribution in [-0.2, 0) is 6.54 Å². The van der Waals surface area contributed by atoms with E-state index in [9.17, 15) is 0 Å². The Bertz CT molecular complexity index is 614. The summed E-state index contributed by atoms with van der Waals surface area (Å²) in [6.45, 7) is 5.92. The number of nitrogens with one attached hydrogen (secondary N) is 1. The van der Waals surface area contributed by atoms with Crippen LogP contribution in [0.25, 0.3) is 0 Å². The predicted molar refractivity (Wildman–Crippen MR) is 89.3 cm³/mol. The minimum absolute atomic E-state index is 0.711. The van der Waals surface area contributed by atoms with E-state index < -0.39 is 0 Å².